The first kappa shape index (κ1) is 8.48. The lowest BCUT2D eigenvalue weighted by molar-refractivity contribution is 0.243. The standard InChI is InChI=1S/C11H17N3/c1-8-4-11(13-12-8)7-14-5-9-2-3-10(9)6-14/h4,9-10H,2-3,5-7H2,1H3,(H,12,13)/t9-,10+. The van der Waals surface area contributed by atoms with Crippen molar-refractivity contribution in [3.8, 4) is 0 Å². The van der Waals surface area contributed by atoms with Gasteiger partial charge in [-0.05, 0) is 37.7 Å². The van der Waals surface area contributed by atoms with Crippen LogP contribution in [-0.4, -0.2) is 28.2 Å². The normalized spacial score (nSPS) is 31.5. The lowest BCUT2D eigenvalue weighted by Crippen LogP contribution is -2.22. The van der Waals surface area contributed by atoms with Gasteiger partial charge in [-0.1, -0.05) is 0 Å². The molecule has 1 aromatic heterocycles. The van der Waals surface area contributed by atoms with E-state index in [-0.39, 0.29) is 0 Å². The Labute approximate surface area is 84.5 Å². The van der Waals surface area contributed by atoms with Crippen molar-refractivity contribution in [2.75, 3.05) is 13.1 Å². The molecule has 14 heavy (non-hydrogen) atoms. The van der Waals surface area contributed by atoms with Gasteiger partial charge in [0.2, 0.25) is 0 Å². The monoisotopic (exact) mass is 191 g/mol. The zero-order chi connectivity index (χ0) is 9.54. The lowest BCUT2D eigenvalue weighted by Gasteiger charge is -2.28. The van der Waals surface area contributed by atoms with E-state index in [1.165, 1.54) is 37.3 Å². The molecular formula is C11H17N3. The lowest BCUT2D eigenvalue weighted by atomic mass is 9.77. The van der Waals surface area contributed by atoms with Gasteiger partial charge in [0.25, 0.3) is 0 Å². The summed E-state index contributed by atoms with van der Waals surface area (Å²) in [5.41, 5.74) is 2.37. The van der Waals surface area contributed by atoms with Crippen molar-refractivity contribution in [3.05, 3.63) is 17.5 Å². The first-order chi connectivity index (χ1) is 6.81. The van der Waals surface area contributed by atoms with E-state index in [1.54, 1.807) is 0 Å². The molecule has 1 aliphatic heterocycles. The van der Waals surface area contributed by atoms with Crippen LogP contribution in [-0.2, 0) is 6.54 Å². The van der Waals surface area contributed by atoms with Gasteiger partial charge in [-0.3, -0.25) is 10.00 Å². The summed E-state index contributed by atoms with van der Waals surface area (Å²) in [7, 11) is 0. The summed E-state index contributed by atoms with van der Waals surface area (Å²) in [5.74, 6) is 2.02. The number of nitrogens with zero attached hydrogens (tertiary/aromatic N) is 2. The zero-order valence-corrected chi connectivity index (χ0v) is 8.66. The van der Waals surface area contributed by atoms with Gasteiger partial charge >= 0.3 is 0 Å². The molecule has 3 nitrogen and oxygen atoms in total. The van der Waals surface area contributed by atoms with E-state index in [0.29, 0.717) is 0 Å². The summed E-state index contributed by atoms with van der Waals surface area (Å²) in [6.07, 6.45) is 2.92. The summed E-state index contributed by atoms with van der Waals surface area (Å²) < 4.78 is 0. The number of rotatable bonds is 2. The third-order valence-electron chi connectivity index (χ3n) is 3.70. The van der Waals surface area contributed by atoms with E-state index in [9.17, 15) is 0 Å². The zero-order valence-electron chi connectivity index (χ0n) is 8.66. The molecule has 2 fully saturated rings. The fraction of sp³-hybridized carbons (Fsp3) is 0.727. The predicted molar refractivity (Wildman–Crippen MR) is 54.8 cm³/mol. The Balaban J connectivity index is 1.62. The van der Waals surface area contributed by atoms with Crippen molar-refractivity contribution in [2.24, 2.45) is 11.8 Å². The van der Waals surface area contributed by atoms with Crippen LogP contribution >= 0.6 is 0 Å². The second kappa shape index (κ2) is 3.09. The van der Waals surface area contributed by atoms with Gasteiger partial charge in [-0.2, -0.15) is 5.10 Å². The van der Waals surface area contributed by atoms with Gasteiger partial charge in [0, 0.05) is 25.3 Å². The summed E-state index contributed by atoms with van der Waals surface area (Å²) in [6.45, 7) is 5.70. The number of hydrogen-bond donors (Lipinski definition) is 1. The molecule has 76 valence electrons. The Kier molecular flexibility index (Phi) is 1.87. The molecule has 0 unspecified atom stereocenters. The third-order valence-corrected chi connectivity index (χ3v) is 3.70. The van der Waals surface area contributed by atoms with Crippen LogP contribution in [0.3, 0.4) is 0 Å². The van der Waals surface area contributed by atoms with E-state index >= 15 is 0 Å². The third kappa shape index (κ3) is 1.36. The minimum atomic E-state index is 1.01. The molecule has 2 heterocycles. The topological polar surface area (TPSA) is 31.9 Å². The second-order valence-corrected chi connectivity index (χ2v) is 4.83. The molecule has 0 bridgehead atoms. The highest BCUT2D eigenvalue weighted by Crippen LogP contribution is 2.40. The minimum Gasteiger partial charge on any atom is -0.297 e. The van der Waals surface area contributed by atoms with Gasteiger partial charge < -0.3 is 0 Å². The van der Waals surface area contributed by atoms with Crippen molar-refractivity contribution < 1.29 is 0 Å². The molecule has 0 spiro atoms. The van der Waals surface area contributed by atoms with Crippen molar-refractivity contribution in [3.63, 3.8) is 0 Å². The maximum atomic E-state index is 4.28. The van der Waals surface area contributed by atoms with Crippen molar-refractivity contribution >= 4 is 0 Å². The Morgan fingerprint density at radius 3 is 2.64 bits per heavy atom. The molecule has 1 N–H and O–H groups in total. The van der Waals surface area contributed by atoms with Crippen LogP contribution in [0.4, 0.5) is 0 Å². The quantitative estimate of drug-likeness (QED) is 0.769. The minimum absolute atomic E-state index is 1.01. The van der Waals surface area contributed by atoms with Crippen LogP contribution in [0.5, 0.6) is 0 Å². The Bertz CT molecular complexity index is 319. The molecular weight excluding hydrogens is 174 g/mol. The van der Waals surface area contributed by atoms with E-state index in [4.69, 9.17) is 0 Å². The van der Waals surface area contributed by atoms with Crippen LogP contribution in [0, 0.1) is 18.8 Å². The van der Waals surface area contributed by atoms with Crippen molar-refractivity contribution in [1.82, 2.24) is 15.1 Å². The molecule has 3 heteroatoms. The average Bonchev–Trinajstić information content (AvgIpc) is 2.63. The molecule has 3 rings (SSSR count). The second-order valence-electron chi connectivity index (χ2n) is 4.83. The largest absolute Gasteiger partial charge is 0.297 e. The Morgan fingerprint density at radius 1 is 1.43 bits per heavy atom. The molecule has 0 amide bonds. The smallest absolute Gasteiger partial charge is 0.0765 e. The van der Waals surface area contributed by atoms with E-state index in [1.807, 2.05) is 0 Å². The average molecular weight is 191 g/mol. The highest BCUT2D eigenvalue weighted by atomic mass is 15.2. The van der Waals surface area contributed by atoms with E-state index < -0.39 is 0 Å². The van der Waals surface area contributed by atoms with Gasteiger partial charge in [0.1, 0.15) is 0 Å². The highest BCUT2D eigenvalue weighted by Gasteiger charge is 2.38. The maximum absolute atomic E-state index is 4.28. The maximum Gasteiger partial charge on any atom is 0.0765 e. The van der Waals surface area contributed by atoms with Gasteiger partial charge in [-0.25, -0.2) is 0 Å². The summed E-state index contributed by atoms with van der Waals surface area (Å²) >= 11 is 0. The van der Waals surface area contributed by atoms with Gasteiger partial charge in [0.05, 0.1) is 5.69 Å². The van der Waals surface area contributed by atoms with E-state index in [0.717, 1.165) is 18.4 Å². The molecule has 1 aromatic rings. The number of H-pyrrole nitrogens is 1. The molecule has 0 radical (unpaired) electrons. The number of hydrogen-bond acceptors (Lipinski definition) is 2. The summed E-state index contributed by atoms with van der Waals surface area (Å²) in [4.78, 5) is 2.55. The van der Waals surface area contributed by atoms with Crippen LogP contribution in [0.25, 0.3) is 0 Å². The van der Waals surface area contributed by atoms with Crippen LogP contribution in [0.2, 0.25) is 0 Å². The van der Waals surface area contributed by atoms with Gasteiger partial charge in [0.15, 0.2) is 0 Å². The van der Waals surface area contributed by atoms with E-state index in [2.05, 4.69) is 28.1 Å². The highest BCUT2D eigenvalue weighted by molar-refractivity contribution is 5.07. The number of aryl methyl sites for hydroxylation is 1. The van der Waals surface area contributed by atoms with Gasteiger partial charge in [-0.15, -0.1) is 0 Å². The number of fused-ring (bicyclic) bond motifs is 1. The Morgan fingerprint density at radius 2 is 2.14 bits per heavy atom. The molecule has 1 saturated carbocycles. The van der Waals surface area contributed by atoms with Crippen LogP contribution in [0.15, 0.2) is 6.07 Å². The first-order valence-electron chi connectivity index (χ1n) is 5.54. The number of aromatic nitrogens is 2. The Hall–Kier alpha value is -0.830. The molecule has 0 aromatic carbocycles. The SMILES string of the molecule is Cc1cc(CN2C[C@H]3CC[C@H]3C2)n[nH]1. The van der Waals surface area contributed by atoms with Crippen molar-refractivity contribution in [1.29, 1.82) is 0 Å². The summed E-state index contributed by atoms with van der Waals surface area (Å²) in [6, 6.07) is 2.15. The van der Waals surface area contributed by atoms with Crippen LogP contribution in [0.1, 0.15) is 24.2 Å². The fourth-order valence-electron chi connectivity index (χ4n) is 2.77. The molecule has 1 saturated heterocycles. The molecule has 2 aliphatic rings. The summed E-state index contributed by atoms with van der Waals surface area (Å²) in [5, 5.41) is 7.29. The fourth-order valence-corrected chi connectivity index (χ4v) is 2.77. The number of nitrogens with one attached hydrogen (secondary N) is 1. The van der Waals surface area contributed by atoms with Crippen LogP contribution < -0.4 is 0 Å². The number of likely N-dealkylation sites (tertiary alicyclic amines) is 1. The predicted octanol–water partition coefficient (Wildman–Crippen LogP) is 1.56. The van der Waals surface area contributed by atoms with Crippen molar-refractivity contribution in [2.45, 2.75) is 26.3 Å². The molecule has 1 aliphatic carbocycles. The molecule has 2 atom stereocenters. The first-order valence-corrected chi connectivity index (χ1v) is 5.54. The number of aromatic amines is 1.